The molecular weight excluding hydrogens is 299 g/mol. The third-order valence-electron chi connectivity index (χ3n) is 1.14. The predicted octanol–water partition coefficient (Wildman–Crippen LogP) is -2.57. The van der Waals surface area contributed by atoms with Crippen molar-refractivity contribution in [2.45, 2.75) is 11.2 Å². The first-order valence-corrected chi connectivity index (χ1v) is 5.93. The van der Waals surface area contributed by atoms with E-state index in [0.29, 0.717) is 0 Å². The number of halogens is 6. The second kappa shape index (κ2) is 5.35. The molecule has 0 fully saturated rings. The summed E-state index contributed by atoms with van der Waals surface area (Å²) in [4.78, 5) is 0. The van der Waals surface area contributed by atoms with Crippen LogP contribution in [0.5, 0.6) is 0 Å². The summed E-state index contributed by atoms with van der Waals surface area (Å²) in [6, 6.07) is 0. The van der Waals surface area contributed by atoms with Gasteiger partial charge in [-0.1, -0.05) is 8.01 Å². The number of sulfonamides is 1. The Bertz CT molecular complexity index is 465. The Hall–Kier alpha value is 0.0374. The van der Waals surface area contributed by atoms with Crippen molar-refractivity contribution in [2.24, 2.45) is 0 Å². The van der Waals surface area contributed by atoms with Gasteiger partial charge in [-0.3, -0.25) is 0 Å². The number of alkyl halides is 5. The second-order valence-corrected chi connectivity index (χ2v) is 5.44. The van der Waals surface area contributed by atoms with E-state index in [1.54, 1.807) is 0 Å². The molecule has 0 spiro atoms. The fourth-order valence-corrected chi connectivity index (χ4v) is 2.37. The summed E-state index contributed by atoms with van der Waals surface area (Å²) in [5.74, 6) is -5.69. The number of hydrogen-bond donors (Lipinski definition) is 1. The Kier molecular flexibility index (Phi) is 6.10. The third-order valence-corrected chi connectivity index (χ3v) is 3.79. The Morgan fingerprint density at radius 2 is 1.41 bits per heavy atom. The van der Waals surface area contributed by atoms with Crippen molar-refractivity contribution in [3.8, 4) is 0 Å². The van der Waals surface area contributed by atoms with Crippen LogP contribution in [0.4, 0.5) is 25.8 Å². The largest absolute Gasteiger partial charge is 1.00 e. The van der Waals surface area contributed by atoms with Crippen molar-refractivity contribution in [3.05, 3.63) is 0 Å². The summed E-state index contributed by atoms with van der Waals surface area (Å²) in [6.45, 7) is -3.08. The normalized spacial score (nSPS) is 14.2. The molecule has 1 N–H and O–H groups in total. The molecule has 0 heterocycles. The van der Waals surface area contributed by atoms with Crippen LogP contribution in [0.3, 0.4) is 0 Å². The third kappa shape index (κ3) is 4.32. The summed E-state index contributed by atoms with van der Waals surface area (Å²) < 4.78 is 112. The molecule has 0 aromatic rings. The van der Waals surface area contributed by atoms with E-state index in [1.165, 1.54) is 0 Å². The van der Waals surface area contributed by atoms with Gasteiger partial charge in [-0.25, -0.2) is 12.8 Å². The molecule has 0 unspecified atom stereocenters. The Labute approximate surface area is 106 Å². The first kappa shape index (κ1) is 19.4. The van der Waals surface area contributed by atoms with Gasteiger partial charge in [0.25, 0.3) is 10.0 Å². The van der Waals surface area contributed by atoms with E-state index in [9.17, 15) is 42.7 Å². The molecule has 100 valence electrons. The molecule has 0 aromatic heterocycles. The van der Waals surface area contributed by atoms with Crippen molar-refractivity contribution in [2.75, 3.05) is 6.67 Å². The maximum Gasteiger partial charge on any atom is 1.00 e. The van der Waals surface area contributed by atoms with Crippen LogP contribution in [0.15, 0.2) is 0 Å². The van der Waals surface area contributed by atoms with Crippen LogP contribution in [0, 0.1) is 0 Å². The van der Waals surface area contributed by atoms with E-state index < -0.39 is 38.3 Å². The Morgan fingerprint density at radius 3 is 1.65 bits per heavy atom. The molecule has 5 nitrogen and oxygen atoms in total. The van der Waals surface area contributed by atoms with Crippen molar-refractivity contribution in [3.63, 3.8) is 0 Å². The molecule has 0 aliphatic carbocycles. The Balaban J connectivity index is -0.00000112. The van der Waals surface area contributed by atoms with Crippen LogP contribution in [0.25, 0.3) is 0 Å². The zero-order chi connectivity index (χ0) is 13.4. The first-order valence-electron chi connectivity index (χ1n) is 3.06. The molecule has 0 radical (unpaired) electrons. The van der Waals surface area contributed by atoms with Crippen LogP contribution in [-0.4, -0.2) is 34.7 Å². The van der Waals surface area contributed by atoms with E-state index in [4.69, 9.17) is 0 Å². The van der Waals surface area contributed by atoms with Crippen LogP contribution in [-0.2, 0) is 20.4 Å². The van der Waals surface area contributed by atoms with E-state index in [-0.39, 0.29) is 24.4 Å². The van der Waals surface area contributed by atoms with Gasteiger partial charge in [-0.05, 0) is 0 Å². The fourth-order valence-electron chi connectivity index (χ4n) is 0.458. The second-order valence-electron chi connectivity index (χ2n) is 2.38. The average molecular weight is 303 g/mol. The standard InChI is InChI=1S/C3H3F6NO4S2.Li.H/c4-1-2(5,6)3(7,8)15(11,12)10-16(9,13)14;;/h10H,1H2;;/q;+1;-1. The van der Waals surface area contributed by atoms with Gasteiger partial charge in [-0.15, -0.1) is 0 Å². The van der Waals surface area contributed by atoms with Gasteiger partial charge in [0.2, 0.25) is 0 Å². The molecule has 0 saturated heterocycles. The molecule has 0 saturated carbocycles. The summed E-state index contributed by atoms with van der Waals surface area (Å²) in [5, 5.41) is -6.12. The van der Waals surface area contributed by atoms with E-state index >= 15 is 0 Å². The zero-order valence-electron chi connectivity index (χ0n) is 8.92. The Morgan fingerprint density at radius 1 is 1.06 bits per heavy atom. The number of hydrogen-bond acceptors (Lipinski definition) is 4. The molecule has 14 heteroatoms. The van der Waals surface area contributed by atoms with Gasteiger partial charge < -0.3 is 1.43 Å². The predicted molar refractivity (Wildman–Crippen MR) is 39.1 cm³/mol. The topological polar surface area (TPSA) is 80.3 Å². The van der Waals surface area contributed by atoms with Crippen LogP contribution in [0.2, 0.25) is 0 Å². The maximum atomic E-state index is 12.4. The molecular formula is C3H4F6LiNO4S2. The minimum Gasteiger partial charge on any atom is -1.00 e. The summed E-state index contributed by atoms with van der Waals surface area (Å²) in [5.41, 5.74) is 0. The van der Waals surface area contributed by atoms with Gasteiger partial charge in [-0.2, -0.15) is 26.0 Å². The van der Waals surface area contributed by atoms with E-state index in [0.717, 1.165) is 0 Å². The molecule has 0 aliphatic heterocycles. The molecule has 17 heavy (non-hydrogen) atoms. The number of nitrogens with one attached hydrogen (secondary N) is 1. The molecule has 0 aliphatic rings. The van der Waals surface area contributed by atoms with Gasteiger partial charge in [0, 0.05) is 0 Å². The van der Waals surface area contributed by atoms with Crippen LogP contribution < -0.4 is 23.0 Å². The summed E-state index contributed by atoms with van der Waals surface area (Å²) in [6.07, 6.45) is 0. The van der Waals surface area contributed by atoms with E-state index in [2.05, 4.69) is 0 Å². The van der Waals surface area contributed by atoms with Crippen molar-refractivity contribution in [1.29, 1.82) is 0 Å². The van der Waals surface area contributed by atoms with Crippen molar-refractivity contribution in [1.82, 2.24) is 4.13 Å². The van der Waals surface area contributed by atoms with Gasteiger partial charge in [0.15, 0.2) is 6.67 Å². The zero-order valence-corrected chi connectivity index (χ0v) is 9.56. The fraction of sp³-hybridized carbons (Fsp3) is 1.00. The molecule has 0 rings (SSSR count). The van der Waals surface area contributed by atoms with Gasteiger partial charge >= 0.3 is 40.4 Å². The van der Waals surface area contributed by atoms with Gasteiger partial charge in [0.1, 0.15) is 0 Å². The SMILES string of the molecule is O=S(=O)(F)NS(=O)(=O)C(F)(F)C(F)(F)CF.[H-].[Li+]. The van der Waals surface area contributed by atoms with Gasteiger partial charge in [0.05, 0.1) is 0 Å². The molecule has 0 amide bonds. The van der Waals surface area contributed by atoms with Crippen molar-refractivity contribution >= 4 is 20.4 Å². The monoisotopic (exact) mass is 303 g/mol. The van der Waals surface area contributed by atoms with Crippen LogP contribution in [0.1, 0.15) is 1.43 Å². The van der Waals surface area contributed by atoms with Crippen LogP contribution >= 0.6 is 0 Å². The molecule has 0 bridgehead atoms. The molecule has 0 aromatic carbocycles. The number of rotatable bonds is 5. The first-order chi connectivity index (χ1) is 6.77. The van der Waals surface area contributed by atoms with E-state index in [1.807, 2.05) is 0 Å². The summed E-state index contributed by atoms with van der Waals surface area (Å²) in [7, 11) is -12.8. The molecule has 0 atom stereocenters. The maximum absolute atomic E-state index is 12.4. The smallest absolute Gasteiger partial charge is 1.00 e. The quantitative estimate of drug-likeness (QED) is 0.344. The minimum atomic E-state index is -6.62. The summed E-state index contributed by atoms with van der Waals surface area (Å²) >= 11 is 0. The van der Waals surface area contributed by atoms with Crippen molar-refractivity contribution < 1.29 is 63.0 Å². The average Bonchev–Trinajstić information content (AvgIpc) is 1.99. The minimum absolute atomic E-state index is 0.